The molecule has 2 atom stereocenters. The van der Waals surface area contributed by atoms with Crippen LogP contribution in [0.1, 0.15) is 38.7 Å². The fourth-order valence-corrected chi connectivity index (χ4v) is 4.30. The number of benzene rings is 1. The standard InChI is InChI=1S/C16H25FN2O2S/c1-12-7-8-15(17)16(10-12)22(20,21)18-11-14(3)19-9-5-4-6-13(19)2/h7-8,10,13-14,18H,4-6,9,11H2,1-3H3/t13-,14+/m0/s1. The van der Waals surface area contributed by atoms with E-state index >= 15 is 0 Å². The number of sulfonamides is 1. The van der Waals surface area contributed by atoms with E-state index in [0.717, 1.165) is 24.9 Å². The van der Waals surface area contributed by atoms with Crippen LogP contribution in [0.3, 0.4) is 0 Å². The first-order chi connectivity index (χ1) is 10.3. The van der Waals surface area contributed by atoms with Gasteiger partial charge in [-0.15, -0.1) is 0 Å². The molecule has 1 aliphatic heterocycles. The molecule has 0 amide bonds. The lowest BCUT2D eigenvalue weighted by Gasteiger charge is -2.38. The lowest BCUT2D eigenvalue weighted by Crippen LogP contribution is -2.48. The summed E-state index contributed by atoms with van der Waals surface area (Å²) in [5.74, 6) is -0.711. The first-order valence-corrected chi connectivity index (χ1v) is 9.31. The van der Waals surface area contributed by atoms with Crippen LogP contribution in [0, 0.1) is 12.7 Å². The molecule has 2 rings (SSSR count). The molecule has 0 aromatic heterocycles. The first-order valence-electron chi connectivity index (χ1n) is 7.83. The number of piperidine rings is 1. The Kier molecular flexibility index (Phi) is 5.58. The second kappa shape index (κ2) is 7.06. The average Bonchev–Trinajstić information content (AvgIpc) is 2.48. The van der Waals surface area contributed by atoms with Gasteiger partial charge in [0.25, 0.3) is 0 Å². The van der Waals surface area contributed by atoms with Crippen LogP contribution in [-0.2, 0) is 10.0 Å². The Morgan fingerprint density at radius 2 is 2.14 bits per heavy atom. The molecule has 6 heteroatoms. The molecule has 0 saturated carbocycles. The summed E-state index contributed by atoms with van der Waals surface area (Å²) in [5, 5.41) is 0. The van der Waals surface area contributed by atoms with E-state index in [4.69, 9.17) is 0 Å². The number of aryl methyl sites for hydroxylation is 1. The molecule has 1 fully saturated rings. The zero-order valence-corrected chi connectivity index (χ0v) is 14.3. The summed E-state index contributed by atoms with van der Waals surface area (Å²) < 4.78 is 40.9. The summed E-state index contributed by atoms with van der Waals surface area (Å²) >= 11 is 0. The molecule has 1 N–H and O–H groups in total. The van der Waals surface area contributed by atoms with Crippen molar-refractivity contribution in [3.8, 4) is 0 Å². The molecule has 0 radical (unpaired) electrons. The van der Waals surface area contributed by atoms with E-state index < -0.39 is 15.8 Å². The highest BCUT2D eigenvalue weighted by atomic mass is 32.2. The normalized spacial score (nSPS) is 21.7. The maximum Gasteiger partial charge on any atom is 0.243 e. The second-order valence-electron chi connectivity index (χ2n) is 6.22. The van der Waals surface area contributed by atoms with Crippen molar-refractivity contribution in [1.82, 2.24) is 9.62 Å². The monoisotopic (exact) mass is 328 g/mol. The van der Waals surface area contributed by atoms with E-state index in [9.17, 15) is 12.8 Å². The molecule has 1 heterocycles. The van der Waals surface area contributed by atoms with Crippen LogP contribution in [0.25, 0.3) is 0 Å². The zero-order chi connectivity index (χ0) is 16.3. The van der Waals surface area contributed by atoms with Crippen molar-refractivity contribution < 1.29 is 12.8 Å². The topological polar surface area (TPSA) is 49.4 Å². The fraction of sp³-hybridized carbons (Fsp3) is 0.625. The van der Waals surface area contributed by atoms with E-state index in [2.05, 4.69) is 16.5 Å². The van der Waals surface area contributed by atoms with Gasteiger partial charge in [-0.3, -0.25) is 4.90 Å². The second-order valence-corrected chi connectivity index (χ2v) is 7.95. The largest absolute Gasteiger partial charge is 0.297 e. The molecule has 0 unspecified atom stereocenters. The molecule has 1 aliphatic rings. The van der Waals surface area contributed by atoms with E-state index in [1.54, 1.807) is 13.0 Å². The van der Waals surface area contributed by atoms with E-state index in [1.165, 1.54) is 18.6 Å². The van der Waals surface area contributed by atoms with Gasteiger partial charge in [0.1, 0.15) is 10.7 Å². The molecule has 4 nitrogen and oxygen atoms in total. The summed E-state index contributed by atoms with van der Waals surface area (Å²) in [6.45, 7) is 7.21. The molecule has 1 aromatic rings. The Balaban J connectivity index is 2.04. The minimum absolute atomic E-state index is 0.0953. The molecule has 0 bridgehead atoms. The molecule has 0 spiro atoms. The van der Waals surface area contributed by atoms with Crippen LogP contribution in [0.2, 0.25) is 0 Å². The summed E-state index contributed by atoms with van der Waals surface area (Å²) in [7, 11) is -3.82. The van der Waals surface area contributed by atoms with Gasteiger partial charge in [0.05, 0.1) is 0 Å². The predicted octanol–water partition coefficient (Wildman–Crippen LogP) is 2.68. The van der Waals surface area contributed by atoms with Gasteiger partial charge in [-0.1, -0.05) is 12.5 Å². The van der Waals surface area contributed by atoms with Crippen molar-refractivity contribution in [2.75, 3.05) is 13.1 Å². The van der Waals surface area contributed by atoms with Crippen LogP contribution in [0.4, 0.5) is 4.39 Å². The fourth-order valence-electron chi connectivity index (χ4n) is 3.02. The predicted molar refractivity (Wildman–Crippen MR) is 85.8 cm³/mol. The van der Waals surface area contributed by atoms with Crippen LogP contribution in [0.15, 0.2) is 23.1 Å². The van der Waals surface area contributed by atoms with Gasteiger partial charge in [0.2, 0.25) is 10.0 Å². The van der Waals surface area contributed by atoms with Crippen molar-refractivity contribution >= 4 is 10.0 Å². The van der Waals surface area contributed by atoms with Gasteiger partial charge in [-0.2, -0.15) is 0 Å². The quantitative estimate of drug-likeness (QED) is 0.904. The Morgan fingerprint density at radius 3 is 2.82 bits per heavy atom. The van der Waals surface area contributed by atoms with Crippen molar-refractivity contribution in [2.24, 2.45) is 0 Å². The van der Waals surface area contributed by atoms with Crippen molar-refractivity contribution in [1.29, 1.82) is 0 Å². The van der Waals surface area contributed by atoms with Crippen LogP contribution in [0.5, 0.6) is 0 Å². The number of halogens is 1. The molecule has 0 aliphatic carbocycles. The van der Waals surface area contributed by atoms with Gasteiger partial charge in [0.15, 0.2) is 0 Å². The third-order valence-corrected chi connectivity index (χ3v) is 5.80. The molecular weight excluding hydrogens is 303 g/mol. The third kappa shape index (κ3) is 4.06. The van der Waals surface area contributed by atoms with Crippen LogP contribution >= 0.6 is 0 Å². The molecule has 22 heavy (non-hydrogen) atoms. The molecule has 124 valence electrons. The lowest BCUT2D eigenvalue weighted by molar-refractivity contribution is 0.116. The number of nitrogens with one attached hydrogen (secondary N) is 1. The van der Waals surface area contributed by atoms with E-state index in [0.29, 0.717) is 12.6 Å². The maximum absolute atomic E-state index is 13.8. The minimum atomic E-state index is -3.82. The average molecular weight is 328 g/mol. The molecule has 1 aromatic carbocycles. The number of hydrogen-bond donors (Lipinski definition) is 1. The van der Waals surface area contributed by atoms with Gasteiger partial charge >= 0.3 is 0 Å². The number of rotatable bonds is 5. The number of hydrogen-bond acceptors (Lipinski definition) is 3. The van der Waals surface area contributed by atoms with Gasteiger partial charge in [-0.05, 0) is 57.9 Å². The van der Waals surface area contributed by atoms with Gasteiger partial charge < -0.3 is 0 Å². The van der Waals surface area contributed by atoms with Crippen LogP contribution < -0.4 is 4.72 Å². The first kappa shape index (κ1) is 17.4. The maximum atomic E-state index is 13.8. The van der Waals surface area contributed by atoms with Gasteiger partial charge in [-0.25, -0.2) is 17.5 Å². The molecular formula is C16H25FN2O2S. The smallest absolute Gasteiger partial charge is 0.243 e. The summed E-state index contributed by atoms with van der Waals surface area (Å²) in [4.78, 5) is 2.05. The Labute approximate surface area is 132 Å². The molecule has 1 saturated heterocycles. The Morgan fingerprint density at radius 1 is 1.41 bits per heavy atom. The summed E-state index contributed by atoms with van der Waals surface area (Å²) in [6.07, 6.45) is 3.52. The number of likely N-dealkylation sites (tertiary alicyclic amines) is 1. The third-order valence-electron chi connectivity index (χ3n) is 4.37. The van der Waals surface area contributed by atoms with Crippen molar-refractivity contribution in [3.05, 3.63) is 29.6 Å². The van der Waals surface area contributed by atoms with E-state index in [-0.39, 0.29) is 10.9 Å². The highest BCUT2D eigenvalue weighted by molar-refractivity contribution is 7.89. The summed E-state index contributed by atoms with van der Waals surface area (Å²) in [6, 6.07) is 4.68. The van der Waals surface area contributed by atoms with Gasteiger partial charge in [0, 0.05) is 18.6 Å². The highest BCUT2D eigenvalue weighted by Crippen LogP contribution is 2.20. The van der Waals surface area contributed by atoms with Crippen molar-refractivity contribution in [3.63, 3.8) is 0 Å². The van der Waals surface area contributed by atoms with Crippen LogP contribution in [-0.4, -0.2) is 38.5 Å². The zero-order valence-electron chi connectivity index (χ0n) is 13.5. The minimum Gasteiger partial charge on any atom is -0.297 e. The Bertz CT molecular complexity index is 619. The SMILES string of the molecule is Cc1ccc(F)c(S(=O)(=O)NC[C@@H](C)N2CCCC[C@@H]2C)c1. The Hall–Kier alpha value is -0.980. The van der Waals surface area contributed by atoms with Crippen molar-refractivity contribution in [2.45, 2.75) is 57.0 Å². The lowest BCUT2D eigenvalue weighted by atomic mass is 10.0. The van der Waals surface area contributed by atoms with E-state index in [1.807, 2.05) is 6.92 Å². The number of nitrogens with zero attached hydrogens (tertiary/aromatic N) is 1. The summed E-state index contributed by atoms with van der Waals surface area (Å²) in [5.41, 5.74) is 0.722. The highest BCUT2D eigenvalue weighted by Gasteiger charge is 2.25.